The van der Waals surface area contributed by atoms with Gasteiger partial charge in [-0.05, 0) is 49.9 Å². The second-order valence-corrected chi connectivity index (χ2v) is 6.51. The first-order chi connectivity index (χ1) is 14.5. The van der Waals surface area contributed by atoms with E-state index in [1.165, 1.54) is 5.56 Å². The van der Waals surface area contributed by atoms with E-state index in [-0.39, 0.29) is 19.8 Å². The van der Waals surface area contributed by atoms with Crippen LogP contribution in [0.15, 0.2) is 36.4 Å². The van der Waals surface area contributed by atoms with Crippen LogP contribution in [0.3, 0.4) is 0 Å². The second-order valence-electron chi connectivity index (χ2n) is 6.51. The molecule has 6 nitrogen and oxygen atoms in total. The van der Waals surface area contributed by atoms with Crippen molar-refractivity contribution >= 4 is 11.9 Å². The Morgan fingerprint density at radius 3 is 2.07 bits per heavy atom. The van der Waals surface area contributed by atoms with Crippen molar-refractivity contribution in [2.24, 2.45) is 0 Å². The Kier molecular flexibility index (Phi) is 9.19. The molecule has 0 fully saturated rings. The van der Waals surface area contributed by atoms with Gasteiger partial charge in [0, 0.05) is 11.1 Å². The molecule has 0 N–H and O–H groups in total. The number of carbonyl (C=O) groups excluding carboxylic acids is 2. The molecule has 0 bridgehead atoms. The lowest BCUT2D eigenvalue weighted by atomic mass is 9.97. The van der Waals surface area contributed by atoms with Crippen LogP contribution >= 0.6 is 0 Å². The summed E-state index contributed by atoms with van der Waals surface area (Å²) in [6, 6.07) is 11.9. The molecular formula is C24H30O6. The van der Waals surface area contributed by atoms with Crippen LogP contribution in [0, 0.1) is 0 Å². The van der Waals surface area contributed by atoms with Gasteiger partial charge in [0.25, 0.3) is 0 Å². The SMILES string of the molecule is CCOC(=O)COc1ccc(-c2cccc(CC)c2)c(OCC(=O)OCC)c1CC. The van der Waals surface area contributed by atoms with E-state index in [0.717, 1.165) is 23.1 Å². The van der Waals surface area contributed by atoms with Crippen molar-refractivity contribution in [1.29, 1.82) is 0 Å². The van der Waals surface area contributed by atoms with Gasteiger partial charge >= 0.3 is 11.9 Å². The van der Waals surface area contributed by atoms with Crippen LogP contribution < -0.4 is 9.47 Å². The van der Waals surface area contributed by atoms with E-state index < -0.39 is 11.9 Å². The molecule has 2 aromatic carbocycles. The van der Waals surface area contributed by atoms with Gasteiger partial charge in [-0.2, -0.15) is 0 Å². The van der Waals surface area contributed by atoms with Crippen LogP contribution in [-0.2, 0) is 31.9 Å². The summed E-state index contributed by atoms with van der Waals surface area (Å²) >= 11 is 0. The Balaban J connectivity index is 2.44. The standard InChI is InChI=1S/C24H30O6/c1-5-17-10-9-11-18(14-17)20-12-13-21(29-15-22(25)27-7-3)19(6-2)24(20)30-16-23(26)28-8-4/h9-14H,5-8,15-16H2,1-4H3. The Labute approximate surface area is 178 Å². The summed E-state index contributed by atoms with van der Waals surface area (Å²) in [5.41, 5.74) is 3.82. The van der Waals surface area contributed by atoms with Crippen LogP contribution in [0.4, 0.5) is 0 Å². The van der Waals surface area contributed by atoms with Gasteiger partial charge in [-0.1, -0.05) is 38.1 Å². The average molecular weight is 414 g/mol. The van der Waals surface area contributed by atoms with Crippen molar-refractivity contribution < 1.29 is 28.5 Å². The minimum Gasteiger partial charge on any atom is -0.481 e. The predicted molar refractivity (Wildman–Crippen MR) is 115 cm³/mol. The van der Waals surface area contributed by atoms with Gasteiger partial charge in [-0.3, -0.25) is 0 Å². The van der Waals surface area contributed by atoms with Gasteiger partial charge in [0.2, 0.25) is 0 Å². The van der Waals surface area contributed by atoms with E-state index in [1.54, 1.807) is 13.8 Å². The van der Waals surface area contributed by atoms with E-state index in [2.05, 4.69) is 19.1 Å². The maximum Gasteiger partial charge on any atom is 0.344 e. The summed E-state index contributed by atoms with van der Waals surface area (Å²) in [7, 11) is 0. The zero-order valence-corrected chi connectivity index (χ0v) is 18.2. The van der Waals surface area contributed by atoms with E-state index in [1.807, 2.05) is 31.2 Å². The maximum atomic E-state index is 11.9. The van der Waals surface area contributed by atoms with Crippen molar-refractivity contribution in [3.8, 4) is 22.6 Å². The molecule has 0 saturated heterocycles. The zero-order valence-electron chi connectivity index (χ0n) is 18.2. The van der Waals surface area contributed by atoms with E-state index in [0.29, 0.717) is 24.5 Å². The van der Waals surface area contributed by atoms with Crippen LogP contribution in [0.25, 0.3) is 11.1 Å². The van der Waals surface area contributed by atoms with E-state index >= 15 is 0 Å². The highest BCUT2D eigenvalue weighted by molar-refractivity contribution is 5.77. The fraction of sp³-hybridized carbons (Fsp3) is 0.417. The molecule has 0 unspecified atom stereocenters. The largest absolute Gasteiger partial charge is 0.481 e. The summed E-state index contributed by atoms with van der Waals surface area (Å²) in [4.78, 5) is 23.6. The molecule has 162 valence electrons. The minimum atomic E-state index is -0.439. The molecule has 0 amide bonds. The smallest absolute Gasteiger partial charge is 0.344 e. The molecule has 0 heterocycles. The zero-order chi connectivity index (χ0) is 21.9. The summed E-state index contributed by atoms with van der Waals surface area (Å²) in [5.74, 6) is 0.207. The van der Waals surface area contributed by atoms with Crippen molar-refractivity contribution in [2.45, 2.75) is 40.5 Å². The third-order valence-corrected chi connectivity index (χ3v) is 4.51. The molecular weight excluding hydrogens is 384 g/mol. The number of rotatable bonds is 11. The number of hydrogen-bond acceptors (Lipinski definition) is 6. The lowest BCUT2D eigenvalue weighted by Gasteiger charge is -2.19. The molecule has 0 aliphatic carbocycles. The van der Waals surface area contributed by atoms with Crippen LogP contribution in [0.1, 0.15) is 38.8 Å². The van der Waals surface area contributed by atoms with E-state index in [9.17, 15) is 9.59 Å². The number of hydrogen-bond donors (Lipinski definition) is 0. The highest BCUT2D eigenvalue weighted by Crippen LogP contribution is 2.39. The number of benzene rings is 2. The average Bonchev–Trinajstić information content (AvgIpc) is 2.76. The molecule has 0 atom stereocenters. The first-order valence-corrected chi connectivity index (χ1v) is 10.4. The quantitative estimate of drug-likeness (QED) is 0.509. The summed E-state index contributed by atoms with van der Waals surface area (Å²) in [6.45, 7) is 7.75. The maximum absolute atomic E-state index is 11.9. The van der Waals surface area contributed by atoms with Gasteiger partial charge in [0.15, 0.2) is 13.2 Å². The van der Waals surface area contributed by atoms with Gasteiger partial charge in [0.1, 0.15) is 11.5 Å². The third kappa shape index (κ3) is 6.24. The van der Waals surface area contributed by atoms with Crippen molar-refractivity contribution in [2.75, 3.05) is 26.4 Å². The summed E-state index contributed by atoms with van der Waals surface area (Å²) < 4.78 is 21.6. The molecule has 0 aromatic heterocycles. The Hall–Kier alpha value is -3.02. The molecule has 2 aromatic rings. The van der Waals surface area contributed by atoms with Crippen LogP contribution in [0.5, 0.6) is 11.5 Å². The van der Waals surface area contributed by atoms with Crippen molar-refractivity contribution in [3.63, 3.8) is 0 Å². The summed E-state index contributed by atoms with van der Waals surface area (Å²) in [6.07, 6.45) is 1.51. The highest BCUT2D eigenvalue weighted by Gasteiger charge is 2.19. The van der Waals surface area contributed by atoms with Gasteiger partial charge in [-0.25, -0.2) is 9.59 Å². The van der Waals surface area contributed by atoms with Crippen LogP contribution in [-0.4, -0.2) is 38.4 Å². The molecule has 30 heavy (non-hydrogen) atoms. The normalized spacial score (nSPS) is 10.4. The molecule has 2 rings (SSSR count). The fourth-order valence-electron chi connectivity index (χ4n) is 3.10. The van der Waals surface area contributed by atoms with Crippen LogP contribution in [0.2, 0.25) is 0 Å². The lowest BCUT2D eigenvalue weighted by Crippen LogP contribution is -2.17. The molecule has 6 heteroatoms. The molecule has 0 spiro atoms. The lowest BCUT2D eigenvalue weighted by molar-refractivity contribution is -0.146. The predicted octanol–water partition coefficient (Wildman–Crippen LogP) is 4.36. The number of carbonyl (C=O) groups is 2. The number of aryl methyl sites for hydroxylation is 1. The second kappa shape index (κ2) is 11.9. The van der Waals surface area contributed by atoms with Gasteiger partial charge in [-0.15, -0.1) is 0 Å². The summed E-state index contributed by atoms with van der Waals surface area (Å²) in [5, 5.41) is 0. The first-order valence-electron chi connectivity index (χ1n) is 10.4. The van der Waals surface area contributed by atoms with Gasteiger partial charge < -0.3 is 18.9 Å². The molecule has 0 aliphatic heterocycles. The molecule has 0 saturated carbocycles. The van der Waals surface area contributed by atoms with Crippen molar-refractivity contribution in [1.82, 2.24) is 0 Å². The highest BCUT2D eigenvalue weighted by atomic mass is 16.6. The Morgan fingerprint density at radius 2 is 1.47 bits per heavy atom. The number of ether oxygens (including phenoxy) is 4. The van der Waals surface area contributed by atoms with Gasteiger partial charge in [0.05, 0.1) is 13.2 Å². The van der Waals surface area contributed by atoms with Crippen molar-refractivity contribution in [3.05, 3.63) is 47.5 Å². The fourth-order valence-corrected chi connectivity index (χ4v) is 3.10. The topological polar surface area (TPSA) is 71.1 Å². The Bertz CT molecular complexity index is 859. The monoisotopic (exact) mass is 414 g/mol. The van der Waals surface area contributed by atoms with E-state index in [4.69, 9.17) is 18.9 Å². The third-order valence-electron chi connectivity index (χ3n) is 4.51. The molecule has 0 radical (unpaired) electrons. The Morgan fingerprint density at radius 1 is 0.800 bits per heavy atom. The first kappa shape index (κ1) is 23.3. The minimum absolute atomic E-state index is 0.192. The number of esters is 2. The molecule has 0 aliphatic rings.